The zero-order chi connectivity index (χ0) is 47.9. The molecule has 356 valence electrons. The average Bonchev–Trinajstić information content (AvgIpc) is 4.07. The molecule has 1 aromatic carbocycles. The topological polar surface area (TPSA) is 200 Å². The van der Waals surface area contributed by atoms with E-state index in [2.05, 4.69) is 11.8 Å². The number of pyridine rings is 1. The Kier molecular flexibility index (Phi) is 15.1. The monoisotopic (exact) mass is 905 g/mol. The van der Waals surface area contributed by atoms with Crippen LogP contribution in [0.25, 0.3) is 10.9 Å². The van der Waals surface area contributed by atoms with Crippen molar-refractivity contribution in [1.29, 1.82) is 0 Å². The molecule has 3 saturated heterocycles. The van der Waals surface area contributed by atoms with Gasteiger partial charge in [0, 0.05) is 67.1 Å². The van der Waals surface area contributed by atoms with Crippen LogP contribution in [0.15, 0.2) is 29.2 Å². The number of carboxylic acids is 1. The Morgan fingerprint density at radius 1 is 1.02 bits per heavy atom. The molecule has 0 radical (unpaired) electrons. The smallest absolute Gasteiger partial charge is 0.410 e. The third-order valence-corrected chi connectivity index (χ3v) is 14.3. The Morgan fingerprint density at radius 2 is 1.71 bits per heavy atom. The number of carboxylic acid groups (broad SMARTS) is 1. The number of benzene rings is 1. The van der Waals surface area contributed by atoms with Crippen molar-refractivity contribution in [2.45, 2.75) is 160 Å². The lowest BCUT2D eigenvalue weighted by Crippen LogP contribution is -2.60. The second kappa shape index (κ2) is 19.7. The fourth-order valence-corrected chi connectivity index (χ4v) is 10.5. The predicted octanol–water partition coefficient (Wildman–Crippen LogP) is 5.37. The van der Waals surface area contributed by atoms with Gasteiger partial charge in [-0.2, -0.15) is 0 Å². The lowest BCUT2D eigenvalue weighted by molar-refractivity contribution is -0.295. The van der Waals surface area contributed by atoms with E-state index in [1.165, 1.54) is 25.1 Å². The van der Waals surface area contributed by atoms with Crippen LogP contribution in [0.5, 0.6) is 0 Å². The Morgan fingerprint density at radius 3 is 2.32 bits per heavy atom. The number of aliphatic hydroxyl groups excluding tert-OH is 1. The molecular formula is C49H67N3O13. The third-order valence-electron chi connectivity index (χ3n) is 14.3. The Labute approximate surface area is 381 Å². The van der Waals surface area contributed by atoms with E-state index in [0.29, 0.717) is 30.3 Å². The van der Waals surface area contributed by atoms with Gasteiger partial charge in [-0.15, -0.1) is 0 Å². The maximum absolute atomic E-state index is 14.8. The minimum atomic E-state index is -1.49. The number of methoxy groups -OCH3 is 1. The summed E-state index contributed by atoms with van der Waals surface area (Å²) < 4.78 is 33.0. The molecule has 16 nitrogen and oxygen atoms in total. The first-order chi connectivity index (χ1) is 30.6. The van der Waals surface area contributed by atoms with Crippen LogP contribution in [0.1, 0.15) is 122 Å². The molecule has 0 bridgehead atoms. The summed E-state index contributed by atoms with van der Waals surface area (Å²) in [5, 5.41) is 21.5. The quantitative estimate of drug-likeness (QED) is 0.133. The number of rotatable bonds is 10. The van der Waals surface area contributed by atoms with Gasteiger partial charge in [0.15, 0.2) is 17.7 Å². The van der Waals surface area contributed by atoms with E-state index in [0.717, 1.165) is 12.8 Å². The number of cyclic esters (lactones) is 1. The lowest BCUT2D eigenvalue weighted by Gasteiger charge is -2.47. The maximum Gasteiger partial charge on any atom is 0.410 e. The number of likely N-dealkylation sites (N-methyl/N-ethyl adjacent to an activating group) is 1. The number of aliphatic hydroxyl groups is 1. The van der Waals surface area contributed by atoms with Crippen LogP contribution in [0.3, 0.4) is 0 Å². The summed E-state index contributed by atoms with van der Waals surface area (Å²) >= 11 is 0. The molecule has 2 aromatic rings. The van der Waals surface area contributed by atoms with Crippen LogP contribution in [0, 0.1) is 35.5 Å². The van der Waals surface area contributed by atoms with E-state index in [9.17, 15) is 39.0 Å². The zero-order valence-corrected chi connectivity index (χ0v) is 39.6. The Hall–Kier alpha value is -4.66. The third kappa shape index (κ3) is 9.91. The van der Waals surface area contributed by atoms with E-state index in [-0.39, 0.29) is 54.3 Å². The van der Waals surface area contributed by atoms with Gasteiger partial charge in [0.25, 0.3) is 0 Å². The number of hydrogen-bond donors (Lipinski definition) is 2. The van der Waals surface area contributed by atoms with Crippen LogP contribution in [0.4, 0.5) is 4.79 Å². The Balaban J connectivity index is 1.28. The summed E-state index contributed by atoms with van der Waals surface area (Å²) in [6.45, 7) is 13.8. The molecule has 4 aliphatic rings. The summed E-state index contributed by atoms with van der Waals surface area (Å²) in [7, 11) is 5.18. The summed E-state index contributed by atoms with van der Waals surface area (Å²) in [5.74, 6) is -0.427. The number of hydrogen-bond acceptors (Lipinski definition) is 13. The van der Waals surface area contributed by atoms with Gasteiger partial charge >= 0.3 is 18.0 Å². The van der Waals surface area contributed by atoms with Gasteiger partial charge in [-0.1, -0.05) is 39.5 Å². The number of aromatic nitrogens is 1. The van der Waals surface area contributed by atoms with Crippen LogP contribution >= 0.6 is 0 Å². The number of aromatic carboxylic acids is 1. The van der Waals surface area contributed by atoms with Crippen molar-refractivity contribution in [3.63, 3.8) is 0 Å². The number of amides is 1. The van der Waals surface area contributed by atoms with Gasteiger partial charge in [-0.25, -0.2) is 9.59 Å². The number of fused-ring (bicyclic) bond motifs is 2. The van der Waals surface area contributed by atoms with Gasteiger partial charge in [-0.05, 0) is 98.5 Å². The van der Waals surface area contributed by atoms with Gasteiger partial charge in [0.05, 0.1) is 29.4 Å². The van der Waals surface area contributed by atoms with Crippen molar-refractivity contribution in [3.05, 3.63) is 45.7 Å². The molecule has 4 fully saturated rings. The number of carbonyl (C=O) groups excluding carboxylic acids is 4. The molecule has 3 aliphatic heterocycles. The van der Waals surface area contributed by atoms with E-state index < -0.39 is 94.8 Å². The fraction of sp³-hybridized carbons (Fsp3) is 0.673. The lowest BCUT2D eigenvalue weighted by atomic mass is 9.73. The average molecular weight is 906 g/mol. The largest absolute Gasteiger partial charge is 0.477 e. The molecule has 1 amide bonds. The molecule has 1 aliphatic carbocycles. The highest BCUT2D eigenvalue weighted by Gasteiger charge is 2.60. The molecule has 1 aromatic heterocycles. The first-order valence-corrected chi connectivity index (χ1v) is 23.0. The van der Waals surface area contributed by atoms with Crippen LogP contribution in [-0.4, -0.2) is 136 Å². The van der Waals surface area contributed by atoms with Crippen molar-refractivity contribution in [2.75, 3.05) is 27.7 Å². The highest BCUT2D eigenvalue weighted by atomic mass is 16.7. The fourth-order valence-electron chi connectivity index (χ4n) is 10.5. The molecule has 0 unspecified atom stereocenters. The van der Waals surface area contributed by atoms with Crippen molar-refractivity contribution in [2.24, 2.45) is 23.7 Å². The molecular weight excluding hydrogens is 839 g/mol. The molecule has 2 N–H and O–H groups in total. The highest BCUT2D eigenvalue weighted by molar-refractivity contribution is 6.00. The second-order valence-electron chi connectivity index (χ2n) is 19.3. The molecule has 1 saturated carbocycles. The van der Waals surface area contributed by atoms with Gasteiger partial charge in [-0.3, -0.25) is 19.2 Å². The minimum Gasteiger partial charge on any atom is -0.477 e. The number of nitrogens with zero attached hydrogens (tertiary/aromatic N) is 3. The number of Topliss-reactive ketones (excluding diaryl/α,β-unsaturated/α-hetero) is 2. The van der Waals surface area contributed by atoms with Crippen molar-refractivity contribution < 1.29 is 57.9 Å². The van der Waals surface area contributed by atoms with Crippen molar-refractivity contribution in [1.82, 2.24) is 14.4 Å². The second-order valence-corrected chi connectivity index (χ2v) is 19.3. The molecule has 65 heavy (non-hydrogen) atoms. The number of esters is 1. The number of carbonyl (C=O) groups is 5. The van der Waals surface area contributed by atoms with Crippen LogP contribution < -0.4 is 5.43 Å². The number of ether oxygens (including phenoxy) is 5. The molecule has 13 atom stereocenters. The summed E-state index contributed by atoms with van der Waals surface area (Å²) in [6.07, 6.45) is -0.573. The Bertz CT molecular complexity index is 2280. The van der Waals surface area contributed by atoms with E-state index in [1.54, 1.807) is 59.7 Å². The van der Waals surface area contributed by atoms with Gasteiger partial charge < -0.3 is 48.3 Å². The number of ketones is 2. The molecule has 0 spiro atoms. The first kappa shape index (κ1) is 49.8. The van der Waals surface area contributed by atoms with E-state index >= 15 is 0 Å². The van der Waals surface area contributed by atoms with Gasteiger partial charge in [0.2, 0.25) is 5.43 Å². The highest BCUT2D eigenvalue weighted by Crippen LogP contribution is 2.43. The van der Waals surface area contributed by atoms with Crippen LogP contribution in [-0.2, 0) is 38.1 Å². The minimum absolute atomic E-state index is 0.0785. The maximum atomic E-state index is 14.8. The molecule has 4 heterocycles. The first-order valence-electron chi connectivity index (χ1n) is 23.0. The van der Waals surface area contributed by atoms with Crippen molar-refractivity contribution >= 4 is 40.5 Å². The van der Waals surface area contributed by atoms with E-state index in [1.807, 2.05) is 30.5 Å². The molecule has 6 rings (SSSR count). The van der Waals surface area contributed by atoms with Gasteiger partial charge in [0.1, 0.15) is 29.5 Å². The van der Waals surface area contributed by atoms with E-state index in [4.69, 9.17) is 23.7 Å². The predicted molar refractivity (Wildman–Crippen MR) is 239 cm³/mol. The zero-order valence-electron chi connectivity index (χ0n) is 39.6. The standard InChI is InChI=1S/C49H67N3O13/c1-12-37-49(8)42(51(47(60)65-49)21-15-13-14-16-31-17-20-35-33(23-31)40(55)34(44(57)58)25-52(35)32-18-19-32)28(4)38(53)26(2)24-48(7,61-11)43(29(5)39(54)30(6)45(59)63-37)64-46-41(56)36(50(9)10)22-27(3)62-46/h17,20,23,25-30,32,36-37,41-43,46,56H,12-13,15,18-19,21-22,24H2,1-11H3,(H,57,58)/t26-,27-,28+,29+,30-,36+,37-,41-,42-,43-,46+,48-,49-/m1/s1. The summed E-state index contributed by atoms with van der Waals surface area (Å²) in [4.78, 5) is 85.5. The summed E-state index contributed by atoms with van der Waals surface area (Å²) in [5.41, 5.74) is -2.48. The number of unbranched alkanes of at least 4 members (excludes halogenated alkanes) is 1. The SMILES string of the molecule is CC[C@H]1OC(=O)[C@H](C)C(=O)[C@H](C)[C@@H](O[C@@H]2O[C@H](C)C[C@H](N(C)C)[C@H]2O)[C@](C)(OC)C[C@@H](C)C(=O)[C@H](C)[C@H]2N(CCCC#Cc3ccc4c(c3)c(=O)c(C(=O)O)cn4C3CC3)C(=O)O[C@]12C. The molecule has 16 heteroatoms. The normalized spacial score (nSPS) is 35.0. The van der Waals surface area contributed by atoms with Crippen LogP contribution in [0.2, 0.25) is 0 Å². The van der Waals surface area contributed by atoms with Crippen molar-refractivity contribution in [3.8, 4) is 11.8 Å². The summed E-state index contributed by atoms with van der Waals surface area (Å²) in [6, 6.07) is 4.13.